The molecule has 0 fully saturated rings. The Morgan fingerprint density at radius 1 is 1.40 bits per heavy atom. The summed E-state index contributed by atoms with van der Waals surface area (Å²) in [5.74, 6) is 0.126. The summed E-state index contributed by atoms with van der Waals surface area (Å²) in [6, 6.07) is 0. The van der Waals surface area contributed by atoms with E-state index in [1.165, 1.54) is 0 Å². The average Bonchev–Trinajstić information content (AvgIpc) is 2.10. The summed E-state index contributed by atoms with van der Waals surface area (Å²) in [6.45, 7) is 7.42. The van der Waals surface area contributed by atoms with Crippen molar-refractivity contribution in [1.29, 1.82) is 0 Å². The van der Waals surface area contributed by atoms with Gasteiger partial charge in [0.05, 0.1) is 5.54 Å². The lowest BCUT2D eigenvalue weighted by Crippen LogP contribution is -2.49. The smallest absolute Gasteiger partial charge is 0.237 e. The number of rotatable bonds is 8. The molecule has 0 aliphatic carbocycles. The summed E-state index contributed by atoms with van der Waals surface area (Å²) in [5.41, 5.74) is 9.99. The van der Waals surface area contributed by atoms with Gasteiger partial charge in [-0.2, -0.15) is 0 Å². The number of carbonyl (C=O) groups excluding carboxylic acids is 1. The summed E-state index contributed by atoms with van der Waals surface area (Å²) < 4.78 is 5.41. The minimum atomic E-state index is -0.877. The second-order valence-electron chi connectivity index (χ2n) is 4.71. The summed E-state index contributed by atoms with van der Waals surface area (Å²) in [7, 11) is 0. The highest BCUT2D eigenvalue weighted by Gasteiger charge is 2.24. The van der Waals surface area contributed by atoms with Crippen LogP contribution in [0.3, 0.4) is 0 Å². The molecule has 0 spiro atoms. The molecule has 0 aromatic carbocycles. The standard InChI is InChI=1S/C11H24N2O2/c1-9(2)8-15-7-5-4-6-11(3,13)10(12)14/h9H,4-8,13H2,1-3H3,(H2,12,14). The molecule has 4 heteroatoms. The van der Waals surface area contributed by atoms with Crippen molar-refractivity contribution in [3.05, 3.63) is 0 Å². The molecule has 4 N–H and O–H groups in total. The third-order valence-corrected chi connectivity index (χ3v) is 2.25. The third kappa shape index (κ3) is 7.33. The third-order valence-electron chi connectivity index (χ3n) is 2.25. The van der Waals surface area contributed by atoms with E-state index >= 15 is 0 Å². The number of ether oxygens (including phenoxy) is 1. The minimum absolute atomic E-state index is 0.439. The molecule has 1 amide bonds. The van der Waals surface area contributed by atoms with Gasteiger partial charge in [-0.05, 0) is 32.1 Å². The normalized spacial score (nSPS) is 15.3. The molecule has 1 atom stereocenters. The van der Waals surface area contributed by atoms with Gasteiger partial charge in [-0.15, -0.1) is 0 Å². The Kier molecular flexibility index (Phi) is 6.52. The number of unbranched alkanes of at least 4 members (excludes halogenated alkanes) is 1. The lowest BCUT2D eigenvalue weighted by atomic mass is 9.96. The fraction of sp³-hybridized carbons (Fsp3) is 0.909. The molecule has 0 aromatic rings. The second-order valence-corrected chi connectivity index (χ2v) is 4.71. The van der Waals surface area contributed by atoms with Gasteiger partial charge in [-0.25, -0.2) is 0 Å². The lowest BCUT2D eigenvalue weighted by Gasteiger charge is -2.19. The molecular formula is C11H24N2O2. The van der Waals surface area contributed by atoms with Crippen LogP contribution in [0.15, 0.2) is 0 Å². The predicted molar refractivity (Wildman–Crippen MR) is 61.3 cm³/mol. The van der Waals surface area contributed by atoms with Gasteiger partial charge in [0.25, 0.3) is 0 Å². The molecule has 4 nitrogen and oxygen atoms in total. The first-order valence-corrected chi connectivity index (χ1v) is 5.53. The van der Waals surface area contributed by atoms with E-state index in [2.05, 4.69) is 13.8 Å². The van der Waals surface area contributed by atoms with Crippen LogP contribution < -0.4 is 11.5 Å². The molecule has 0 heterocycles. The highest BCUT2D eigenvalue weighted by atomic mass is 16.5. The Bertz CT molecular complexity index is 191. The minimum Gasteiger partial charge on any atom is -0.381 e. The van der Waals surface area contributed by atoms with Gasteiger partial charge >= 0.3 is 0 Å². The van der Waals surface area contributed by atoms with Crippen LogP contribution in [0.1, 0.15) is 40.0 Å². The molecule has 0 saturated carbocycles. The number of nitrogens with two attached hydrogens (primary N) is 2. The molecule has 1 unspecified atom stereocenters. The first-order valence-electron chi connectivity index (χ1n) is 5.53. The molecule has 0 aromatic heterocycles. The molecule has 15 heavy (non-hydrogen) atoms. The van der Waals surface area contributed by atoms with Crippen LogP contribution in [0, 0.1) is 5.92 Å². The van der Waals surface area contributed by atoms with Crippen molar-refractivity contribution in [3.8, 4) is 0 Å². The first kappa shape index (κ1) is 14.4. The number of hydrogen-bond acceptors (Lipinski definition) is 3. The summed E-state index contributed by atoms with van der Waals surface area (Å²) in [5, 5.41) is 0. The van der Waals surface area contributed by atoms with Crippen molar-refractivity contribution in [2.24, 2.45) is 17.4 Å². The van der Waals surface area contributed by atoms with Gasteiger partial charge in [0.2, 0.25) is 5.91 Å². The van der Waals surface area contributed by atoms with Gasteiger partial charge in [-0.3, -0.25) is 4.79 Å². The van der Waals surface area contributed by atoms with E-state index in [1.54, 1.807) is 6.92 Å². The second kappa shape index (κ2) is 6.80. The molecule has 0 saturated heterocycles. The van der Waals surface area contributed by atoms with Gasteiger partial charge in [0.1, 0.15) is 0 Å². The van der Waals surface area contributed by atoms with Crippen LogP contribution in [0.25, 0.3) is 0 Å². The maximum absolute atomic E-state index is 10.9. The summed E-state index contributed by atoms with van der Waals surface area (Å²) in [6.07, 6.45) is 2.41. The van der Waals surface area contributed by atoms with Gasteiger partial charge in [0, 0.05) is 13.2 Å². The monoisotopic (exact) mass is 216 g/mol. The lowest BCUT2D eigenvalue weighted by molar-refractivity contribution is -0.122. The zero-order valence-electron chi connectivity index (χ0n) is 10.1. The van der Waals surface area contributed by atoms with E-state index in [0.717, 1.165) is 26.1 Å². The van der Waals surface area contributed by atoms with E-state index in [9.17, 15) is 4.79 Å². The highest BCUT2D eigenvalue weighted by molar-refractivity contribution is 5.83. The Hall–Kier alpha value is -0.610. The highest BCUT2D eigenvalue weighted by Crippen LogP contribution is 2.10. The number of hydrogen-bond donors (Lipinski definition) is 2. The molecule has 0 radical (unpaired) electrons. The van der Waals surface area contributed by atoms with Crippen LogP contribution >= 0.6 is 0 Å². The Morgan fingerprint density at radius 2 is 2.00 bits per heavy atom. The van der Waals surface area contributed by atoms with E-state index in [-0.39, 0.29) is 0 Å². The summed E-state index contributed by atoms with van der Waals surface area (Å²) >= 11 is 0. The van der Waals surface area contributed by atoms with Crippen molar-refractivity contribution in [2.75, 3.05) is 13.2 Å². The van der Waals surface area contributed by atoms with Crippen molar-refractivity contribution >= 4 is 5.91 Å². The average molecular weight is 216 g/mol. The van der Waals surface area contributed by atoms with E-state index in [4.69, 9.17) is 16.2 Å². The Labute approximate surface area is 92.3 Å². The zero-order chi connectivity index (χ0) is 11.9. The van der Waals surface area contributed by atoms with Crippen molar-refractivity contribution < 1.29 is 9.53 Å². The van der Waals surface area contributed by atoms with Crippen LogP contribution in [-0.2, 0) is 9.53 Å². The molecule has 0 aliphatic heterocycles. The van der Waals surface area contributed by atoms with Crippen molar-refractivity contribution in [2.45, 2.75) is 45.6 Å². The fourth-order valence-electron chi connectivity index (χ4n) is 1.14. The van der Waals surface area contributed by atoms with Crippen LogP contribution in [0.4, 0.5) is 0 Å². The number of amides is 1. The number of primary amides is 1. The maximum atomic E-state index is 10.9. The fourth-order valence-corrected chi connectivity index (χ4v) is 1.14. The zero-order valence-corrected chi connectivity index (χ0v) is 10.1. The van der Waals surface area contributed by atoms with Crippen molar-refractivity contribution in [3.63, 3.8) is 0 Å². The van der Waals surface area contributed by atoms with E-state index in [0.29, 0.717) is 12.3 Å². The van der Waals surface area contributed by atoms with Crippen LogP contribution in [-0.4, -0.2) is 24.7 Å². The van der Waals surface area contributed by atoms with Gasteiger partial charge in [0.15, 0.2) is 0 Å². The van der Waals surface area contributed by atoms with E-state index < -0.39 is 11.4 Å². The molecular weight excluding hydrogens is 192 g/mol. The summed E-state index contributed by atoms with van der Waals surface area (Å²) in [4.78, 5) is 10.9. The van der Waals surface area contributed by atoms with Crippen molar-refractivity contribution in [1.82, 2.24) is 0 Å². The molecule has 90 valence electrons. The van der Waals surface area contributed by atoms with Crippen LogP contribution in [0.5, 0.6) is 0 Å². The quantitative estimate of drug-likeness (QED) is 0.595. The molecule has 0 rings (SSSR count). The molecule has 0 bridgehead atoms. The first-order chi connectivity index (χ1) is 6.86. The Morgan fingerprint density at radius 3 is 2.47 bits per heavy atom. The van der Waals surface area contributed by atoms with E-state index in [1.807, 2.05) is 0 Å². The molecule has 0 aliphatic rings. The Balaban J connectivity index is 3.43. The van der Waals surface area contributed by atoms with Crippen LogP contribution in [0.2, 0.25) is 0 Å². The largest absolute Gasteiger partial charge is 0.381 e. The topological polar surface area (TPSA) is 78.3 Å². The predicted octanol–water partition coefficient (Wildman–Crippen LogP) is 1.03. The maximum Gasteiger partial charge on any atom is 0.237 e. The van der Waals surface area contributed by atoms with Gasteiger partial charge < -0.3 is 16.2 Å². The SMILES string of the molecule is CC(C)COCCCCC(C)(N)C(N)=O. The van der Waals surface area contributed by atoms with Gasteiger partial charge in [-0.1, -0.05) is 13.8 Å². The number of carbonyl (C=O) groups is 1.